The first kappa shape index (κ1) is 14.7. The van der Waals surface area contributed by atoms with E-state index in [9.17, 15) is 0 Å². The van der Waals surface area contributed by atoms with Crippen LogP contribution in [0.3, 0.4) is 0 Å². The fraction of sp³-hybridized carbons (Fsp3) is 0.750. The van der Waals surface area contributed by atoms with Crippen molar-refractivity contribution in [1.82, 2.24) is 14.9 Å². The lowest BCUT2D eigenvalue weighted by Gasteiger charge is -2.20. The van der Waals surface area contributed by atoms with E-state index >= 15 is 0 Å². The summed E-state index contributed by atoms with van der Waals surface area (Å²) in [6, 6.07) is 0. The van der Waals surface area contributed by atoms with Gasteiger partial charge in [0.1, 0.15) is 5.82 Å². The number of likely N-dealkylation sites (tertiary alicyclic amines) is 1. The molecule has 2 aliphatic heterocycles. The van der Waals surface area contributed by atoms with Gasteiger partial charge < -0.3 is 14.5 Å². The second-order valence-electron chi connectivity index (χ2n) is 6.43. The Balaban J connectivity index is 1.51. The van der Waals surface area contributed by atoms with Crippen molar-refractivity contribution in [3.05, 3.63) is 18.1 Å². The molecule has 1 aromatic heterocycles. The summed E-state index contributed by atoms with van der Waals surface area (Å²) in [4.78, 5) is 13.4. The van der Waals surface area contributed by atoms with Crippen molar-refractivity contribution in [3.8, 4) is 0 Å². The summed E-state index contributed by atoms with van der Waals surface area (Å²) in [5.41, 5.74) is 1.04. The second kappa shape index (κ2) is 6.71. The quantitative estimate of drug-likeness (QED) is 0.826. The molecule has 0 radical (unpaired) electrons. The molecule has 3 rings (SSSR count). The Hall–Kier alpha value is -1.20. The molecule has 0 amide bonds. The summed E-state index contributed by atoms with van der Waals surface area (Å²) >= 11 is 0. The average Bonchev–Trinajstić information content (AvgIpc) is 3.12. The number of rotatable bonds is 5. The highest BCUT2D eigenvalue weighted by molar-refractivity contribution is 5.33. The smallest absolute Gasteiger partial charge is 0.146 e. The van der Waals surface area contributed by atoms with Crippen LogP contribution >= 0.6 is 0 Å². The standard InChI is InChI=1S/C16H26N4O/c1-19(2)16-11-17-10-13(18-16)9-14-5-6-15(21-14)12-20-7-3-4-8-20/h10-11,14-15H,3-9,12H2,1-2H3/t14-,15+/m0/s1. The minimum Gasteiger partial charge on any atom is -0.373 e. The van der Waals surface area contributed by atoms with Gasteiger partial charge in [0, 0.05) is 33.3 Å². The fourth-order valence-electron chi connectivity index (χ4n) is 3.26. The maximum Gasteiger partial charge on any atom is 0.146 e. The van der Waals surface area contributed by atoms with Gasteiger partial charge in [-0.1, -0.05) is 0 Å². The van der Waals surface area contributed by atoms with E-state index in [0.29, 0.717) is 12.2 Å². The van der Waals surface area contributed by atoms with Crippen LogP contribution in [-0.4, -0.2) is 60.8 Å². The molecular weight excluding hydrogens is 264 g/mol. The van der Waals surface area contributed by atoms with Gasteiger partial charge in [0.25, 0.3) is 0 Å². The van der Waals surface area contributed by atoms with Crippen LogP contribution in [0, 0.1) is 0 Å². The molecule has 0 bridgehead atoms. The fourth-order valence-corrected chi connectivity index (χ4v) is 3.26. The lowest BCUT2D eigenvalue weighted by molar-refractivity contribution is 0.0271. The van der Waals surface area contributed by atoms with Gasteiger partial charge >= 0.3 is 0 Å². The summed E-state index contributed by atoms with van der Waals surface area (Å²) in [7, 11) is 3.98. The zero-order chi connectivity index (χ0) is 14.7. The van der Waals surface area contributed by atoms with Crippen LogP contribution in [0.5, 0.6) is 0 Å². The van der Waals surface area contributed by atoms with E-state index in [2.05, 4.69) is 14.9 Å². The number of aromatic nitrogens is 2. The molecule has 0 N–H and O–H groups in total. The summed E-state index contributed by atoms with van der Waals surface area (Å²) < 4.78 is 6.20. The molecule has 116 valence electrons. The molecule has 21 heavy (non-hydrogen) atoms. The first-order valence-corrected chi connectivity index (χ1v) is 8.07. The zero-order valence-corrected chi connectivity index (χ0v) is 13.2. The Morgan fingerprint density at radius 3 is 2.71 bits per heavy atom. The van der Waals surface area contributed by atoms with E-state index in [4.69, 9.17) is 4.74 Å². The predicted octanol–water partition coefficient (Wildman–Crippen LogP) is 1.73. The van der Waals surface area contributed by atoms with Gasteiger partial charge in [0.2, 0.25) is 0 Å². The largest absolute Gasteiger partial charge is 0.373 e. The molecule has 1 aromatic rings. The Morgan fingerprint density at radius 2 is 1.95 bits per heavy atom. The number of nitrogens with zero attached hydrogens (tertiary/aromatic N) is 4. The molecule has 0 aromatic carbocycles. The third-order valence-corrected chi connectivity index (χ3v) is 4.42. The van der Waals surface area contributed by atoms with E-state index < -0.39 is 0 Å². The van der Waals surface area contributed by atoms with Crippen LogP contribution in [0.1, 0.15) is 31.4 Å². The summed E-state index contributed by atoms with van der Waals surface area (Å²) in [6.45, 7) is 3.61. The minimum absolute atomic E-state index is 0.310. The third kappa shape index (κ3) is 3.92. The predicted molar refractivity (Wildman–Crippen MR) is 83.6 cm³/mol. The third-order valence-electron chi connectivity index (χ3n) is 4.42. The van der Waals surface area contributed by atoms with Crippen molar-refractivity contribution in [3.63, 3.8) is 0 Å². The summed E-state index contributed by atoms with van der Waals surface area (Å²) in [6.07, 6.45) is 10.3. The highest BCUT2D eigenvalue weighted by Crippen LogP contribution is 2.24. The first-order valence-electron chi connectivity index (χ1n) is 8.07. The molecule has 2 atom stereocenters. The molecule has 2 saturated heterocycles. The van der Waals surface area contributed by atoms with Crippen LogP contribution in [0.25, 0.3) is 0 Å². The van der Waals surface area contributed by atoms with Crippen molar-refractivity contribution in [2.45, 2.75) is 44.3 Å². The molecular formula is C16H26N4O. The molecule has 0 aliphatic carbocycles. The molecule has 2 aliphatic rings. The highest BCUT2D eigenvalue weighted by Gasteiger charge is 2.28. The Bertz CT molecular complexity index is 459. The van der Waals surface area contributed by atoms with Gasteiger partial charge in [0.05, 0.1) is 24.1 Å². The number of ether oxygens (including phenoxy) is 1. The number of hydrogen-bond acceptors (Lipinski definition) is 5. The SMILES string of the molecule is CN(C)c1cncc(C[C@@H]2CC[C@H](CN3CCCC3)O2)n1. The van der Waals surface area contributed by atoms with E-state index in [1.165, 1.54) is 32.4 Å². The maximum absolute atomic E-state index is 6.20. The van der Waals surface area contributed by atoms with Crippen molar-refractivity contribution in [2.75, 3.05) is 38.6 Å². The lowest BCUT2D eigenvalue weighted by Crippen LogP contribution is -2.30. The lowest BCUT2D eigenvalue weighted by atomic mass is 10.1. The molecule has 0 unspecified atom stereocenters. The molecule has 3 heterocycles. The van der Waals surface area contributed by atoms with Gasteiger partial charge in [-0.25, -0.2) is 4.98 Å². The van der Waals surface area contributed by atoms with Gasteiger partial charge in [-0.15, -0.1) is 0 Å². The first-order chi connectivity index (χ1) is 10.2. The van der Waals surface area contributed by atoms with Crippen molar-refractivity contribution in [1.29, 1.82) is 0 Å². The normalized spacial score (nSPS) is 26.4. The van der Waals surface area contributed by atoms with E-state index in [1.807, 2.05) is 25.2 Å². The van der Waals surface area contributed by atoms with Gasteiger partial charge in [-0.2, -0.15) is 0 Å². The van der Waals surface area contributed by atoms with E-state index in [0.717, 1.165) is 30.9 Å². The van der Waals surface area contributed by atoms with Crippen LogP contribution in [-0.2, 0) is 11.2 Å². The topological polar surface area (TPSA) is 41.5 Å². The monoisotopic (exact) mass is 290 g/mol. The van der Waals surface area contributed by atoms with E-state index in [1.54, 1.807) is 6.20 Å². The van der Waals surface area contributed by atoms with Gasteiger partial charge in [-0.05, 0) is 38.8 Å². The van der Waals surface area contributed by atoms with Crippen LogP contribution < -0.4 is 4.90 Å². The second-order valence-corrected chi connectivity index (χ2v) is 6.43. The summed E-state index contributed by atoms with van der Waals surface area (Å²) in [5.74, 6) is 0.916. The maximum atomic E-state index is 6.20. The minimum atomic E-state index is 0.310. The number of hydrogen-bond donors (Lipinski definition) is 0. The van der Waals surface area contributed by atoms with Crippen molar-refractivity contribution >= 4 is 5.82 Å². The Morgan fingerprint density at radius 1 is 1.19 bits per heavy atom. The highest BCUT2D eigenvalue weighted by atomic mass is 16.5. The van der Waals surface area contributed by atoms with Crippen LogP contribution in [0.15, 0.2) is 12.4 Å². The summed E-state index contributed by atoms with van der Waals surface area (Å²) in [5, 5.41) is 0. The van der Waals surface area contributed by atoms with Crippen LogP contribution in [0.2, 0.25) is 0 Å². The molecule has 2 fully saturated rings. The van der Waals surface area contributed by atoms with Crippen molar-refractivity contribution in [2.24, 2.45) is 0 Å². The van der Waals surface area contributed by atoms with Crippen LogP contribution in [0.4, 0.5) is 5.82 Å². The molecule has 0 spiro atoms. The average molecular weight is 290 g/mol. The zero-order valence-electron chi connectivity index (χ0n) is 13.2. The molecule has 5 nitrogen and oxygen atoms in total. The Kier molecular flexibility index (Phi) is 4.70. The van der Waals surface area contributed by atoms with E-state index in [-0.39, 0.29) is 0 Å². The van der Waals surface area contributed by atoms with Gasteiger partial charge in [0.15, 0.2) is 0 Å². The Labute approximate surface area is 127 Å². The molecule has 0 saturated carbocycles. The molecule has 5 heteroatoms. The van der Waals surface area contributed by atoms with Crippen molar-refractivity contribution < 1.29 is 4.74 Å². The van der Waals surface area contributed by atoms with Gasteiger partial charge in [-0.3, -0.25) is 4.98 Å². The number of anilines is 1.